The van der Waals surface area contributed by atoms with E-state index in [0.29, 0.717) is 6.61 Å². The summed E-state index contributed by atoms with van der Waals surface area (Å²) in [5.74, 6) is 0.888. The summed E-state index contributed by atoms with van der Waals surface area (Å²) in [6.07, 6.45) is 5.73. The van der Waals surface area contributed by atoms with Crippen LogP contribution in [0.3, 0.4) is 0 Å². The predicted octanol–water partition coefficient (Wildman–Crippen LogP) is 2.39. The minimum Gasteiger partial charge on any atom is -0.490 e. The van der Waals surface area contributed by atoms with Crippen molar-refractivity contribution in [3.05, 3.63) is 42.5 Å². The van der Waals surface area contributed by atoms with Crippen molar-refractivity contribution in [2.24, 2.45) is 0 Å². The summed E-state index contributed by atoms with van der Waals surface area (Å²) >= 11 is 0. The van der Waals surface area contributed by atoms with E-state index >= 15 is 0 Å². The van der Waals surface area contributed by atoms with Crippen LogP contribution in [0.4, 0.5) is 0 Å². The van der Waals surface area contributed by atoms with Gasteiger partial charge in [0.25, 0.3) is 0 Å². The van der Waals surface area contributed by atoms with Crippen LogP contribution in [0.1, 0.15) is 12.8 Å². The van der Waals surface area contributed by atoms with Gasteiger partial charge in [-0.3, -0.25) is 0 Å². The Morgan fingerprint density at radius 3 is 2.64 bits per heavy atom. The lowest BCUT2D eigenvalue weighted by Crippen LogP contribution is -1.92. The lowest BCUT2D eigenvalue weighted by atomic mass is 10.3. The molecule has 0 saturated heterocycles. The number of ether oxygens (including phenoxy) is 1. The average molecular weight is 192 g/mol. The lowest BCUT2D eigenvalue weighted by Gasteiger charge is -2.01. The van der Waals surface area contributed by atoms with Crippen LogP contribution in [0.25, 0.3) is 0 Å². The van der Waals surface area contributed by atoms with E-state index in [1.807, 2.05) is 42.5 Å². The number of unbranched alkanes of at least 4 members (excludes halogenated alkanes) is 1. The van der Waals surface area contributed by atoms with E-state index < -0.39 is 0 Å². The number of aliphatic hydroxyl groups is 1. The number of aliphatic hydroxyl groups excluding tert-OH is 1. The Balaban J connectivity index is 2.12. The molecule has 14 heavy (non-hydrogen) atoms. The van der Waals surface area contributed by atoms with Crippen molar-refractivity contribution in [1.82, 2.24) is 0 Å². The third kappa shape index (κ3) is 4.67. The summed E-state index contributed by atoms with van der Waals surface area (Å²) in [5.41, 5.74) is 0. The standard InChI is InChI=1S/C12H16O2/c13-10-6-1-2-7-11-14-12-8-4-3-5-9-12/h2-5,7-9,13H,1,6,10-11H2. The topological polar surface area (TPSA) is 29.5 Å². The Morgan fingerprint density at radius 1 is 1.14 bits per heavy atom. The van der Waals surface area contributed by atoms with Crippen molar-refractivity contribution < 1.29 is 9.84 Å². The van der Waals surface area contributed by atoms with Crippen LogP contribution in [0.2, 0.25) is 0 Å². The van der Waals surface area contributed by atoms with E-state index in [9.17, 15) is 0 Å². The average Bonchev–Trinajstić information content (AvgIpc) is 2.25. The minimum absolute atomic E-state index is 0.254. The summed E-state index contributed by atoms with van der Waals surface area (Å²) in [6.45, 7) is 0.847. The smallest absolute Gasteiger partial charge is 0.119 e. The zero-order valence-corrected chi connectivity index (χ0v) is 8.23. The molecule has 0 aromatic heterocycles. The van der Waals surface area contributed by atoms with Gasteiger partial charge in [-0.25, -0.2) is 0 Å². The molecule has 2 heteroatoms. The highest BCUT2D eigenvalue weighted by Crippen LogP contribution is 2.07. The molecule has 0 heterocycles. The minimum atomic E-state index is 0.254. The Hall–Kier alpha value is -1.28. The summed E-state index contributed by atoms with van der Waals surface area (Å²) in [6, 6.07) is 9.72. The molecule has 0 amide bonds. The second-order valence-corrected chi connectivity index (χ2v) is 2.96. The first-order chi connectivity index (χ1) is 6.93. The molecule has 0 bridgehead atoms. The third-order valence-electron chi connectivity index (χ3n) is 1.79. The molecule has 0 aliphatic rings. The zero-order valence-electron chi connectivity index (χ0n) is 8.23. The molecule has 0 spiro atoms. The molecule has 76 valence electrons. The van der Waals surface area contributed by atoms with Crippen LogP contribution in [0.5, 0.6) is 5.75 Å². The van der Waals surface area contributed by atoms with E-state index in [2.05, 4.69) is 0 Å². The summed E-state index contributed by atoms with van der Waals surface area (Å²) in [7, 11) is 0. The Labute approximate surface area is 84.8 Å². The van der Waals surface area contributed by atoms with Gasteiger partial charge in [0.05, 0.1) is 0 Å². The highest BCUT2D eigenvalue weighted by Gasteiger charge is 1.86. The van der Waals surface area contributed by atoms with Crippen molar-refractivity contribution >= 4 is 0 Å². The van der Waals surface area contributed by atoms with Crippen LogP contribution in [0.15, 0.2) is 42.5 Å². The monoisotopic (exact) mass is 192 g/mol. The molecule has 0 aliphatic carbocycles. The molecule has 0 saturated carbocycles. The van der Waals surface area contributed by atoms with Gasteiger partial charge >= 0.3 is 0 Å². The van der Waals surface area contributed by atoms with Gasteiger partial charge in [-0.05, 0) is 25.0 Å². The maximum atomic E-state index is 8.54. The van der Waals surface area contributed by atoms with E-state index in [1.165, 1.54) is 0 Å². The maximum absolute atomic E-state index is 8.54. The van der Waals surface area contributed by atoms with E-state index in [4.69, 9.17) is 9.84 Å². The van der Waals surface area contributed by atoms with Gasteiger partial charge < -0.3 is 9.84 Å². The quantitative estimate of drug-likeness (QED) is 0.554. The van der Waals surface area contributed by atoms with Gasteiger partial charge in [0.15, 0.2) is 0 Å². The van der Waals surface area contributed by atoms with Gasteiger partial charge in [0.2, 0.25) is 0 Å². The fraction of sp³-hybridized carbons (Fsp3) is 0.333. The molecule has 1 rings (SSSR count). The number of hydrogen-bond acceptors (Lipinski definition) is 2. The molecule has 0 atom stereocenters. The molecule has 1 aromatic carbocycles. The van der Waals surface area contributed by atoms with Gasteiger partial charge in [0.1, 0.15) is 12.4 Å². The summed E-state index contributed by atoms with van der Waals surface area (Å²) in [5, 5.41) is 8.54. The Kier molecular flexibility index (Phi) is 5.52. The van der Waals surface area contributed by atoms with E-state index in [-0.39, 0.29) is 6.61 Å². The third-order valence-corrected chi connectivity index (χ3v) is 1.79. The normalized spacial score (nSPS) is 10.6. The van der Waals surface area contributed by atoms with Gasteiger partial charge in [-0.2, -0.15) is 0 Å². The molecular weight excluding hydrogens is 176 g/mol. The largest absolute Gasteiger partial charge is 0.490 e. The molecule has 1 N–H and O–H groups in total. The molecule has 0 aliphatic heterocycles. The van der Waals surface area contributed by atoms with Crippen molar-refractivity contribution in [3.63, 3.8) is 0 Å². The molecule has 1 aromatic rings. The predicted molar refractivity (Wildman–Crippen MR) is 57.4 cm³/mol. The Bertz CT molecular complexity index is 254. The van der Waals surface area contributed by atoms with E-state index in [0.717, 1.165) is 18.6 Å². The summed E-state index contributed by atoms with van der Waals surface area (Å²) < 4.78 is 5.44. The fourth-order valence-corrected chi connectivity index (χ4v) is 1.06. The molecule has 2 nitrogen and oxygen atoms in total. The summed E-state index contributed by atoms with van der Waals surface area (Å²) in [4.78, 5) is 0. The van der Waals surface area contributed by atoms with Crippen LogP contribution >= 0.6 is 0 Å². The van der Waals surface area contributed by atoms with Gasteiger partial charge in [-0.15, -0.1) is 0 Å². The molecule has 0 fully saturated rings. The van der Waals surface area contributed by atoms with E-state index in [1.54, 1.807) is 0 Å². The highest BCUT2D eigenvalue weighted by atomic mass is 16.5. The van der Waals surface area contributed by atoms with Gasteiger partial charge in [-0.1, -0.05) is 30.4 Å². The lowest BCUT2D eigenvalue weighted by molar-refractivity contribution is 0.289. The van der Waals surface area contributed by atoms with Crippen molar-refractivity contribution in [1.29, 1.82) is 0 Å². The first kappa shape index (κ1) is 10.8. The highest BCUT2D eigenvalue weighted by molar-refractivity contribution is 5.21. The fourth-order valence-electron chi connectivity index (χ4n) is 1.06. The van der Waals surface area contributed by atoms with Gasteiger partial charge in [0, 0.05) is 6.61 Å². The van der Waals surface area contributed by atoms with Crippen LogP contribution < -0.4 is 4.74 Å². The van der Waals surface area contributed by atoms with Crippen molar-refractivity contribution in [3.8, 4) is 5.75 Å². The molecule has 0 unspecified atom stereocenters. The number of benzene rings is 1. The Morgan fingerprint density at radius 2 is 1.93 bits per heavy atom. The second-order valence-electron chi connectivity index (χ2n) is 2.96. The van der Waals surface area contributed by atoms with Crippen molar-refractivity contribution in [2.45, 2.75) is 12.8 Å². The number of rotatable bonds is 6. The van der Waals surface area contributed by atoms with Crippen LogP contribution in [-0.2, 0) is 0 Å². The maximum Gasteiger partial charge on any atom is 0.119 e. The molecular formula is C12H16O2. The SMILES string of the molecule is OCCCC=CCOc1ccccc1. The van der Waals surface area contributed by atoms with Crippen LogP contribution in [-0.4, -0.2) is 18.3 Å². The number of hydrogen-bond donors (Lipinski definition) is 1. The molecule has 0 radical (unpaired) electrons. The van der Waals surface area contributed by atoms with Crippen LogP contribution in [0, 0.1) is 0 Å². The first-order valence-corrected chi connectivity index (χ1v) is 4.87. The first-order valence-electron chi connectivity index (χ1n) is 4.87. The second kappa shape index (κ2) is 7.15. The number of allylic oxidation sites excluding steroid dienone is 1. The zero-order chi connectivity index (χ0) is 10.1. The van der Waals surface area contributed by atoms with Crippen molar-refractivity contribution in [2.75, 3.05) is 13.2 Å². The number of para-hydroxylation sites is 1.